The van der Waals surface area contributed by atoms with Crippen LogP contribution in [0.4, 0.5) is 0 Å². The average molecular weight is 510 g/mol. The summed E-state index contributed by atoms with van der Waals surface area (Å²) in [6.07, 6.45) is 6.13. The summed E-state index contributed by atoms with van der Waals surface area (Å²) in [7, 11) is -3.76. The quantitative estimate of drug-likeness (QED) is 0.317. The molecule has 1 aromatic carbocycles. The Morgan fingerprint density at radius 2 is 1.83 bits per heavy atom. The van der Waals surface area contributed by atoms with Gasteiger partial charge in [0.1, 0.15) is 5.76 Å². The van der Waals surface area contributed by atoms with Crippen LogP contribution in [-0.4, -0.2) is 41.5 Å². The molecule has 1 aliphatic heterocycles. The minimum Gasteiger partial charge on any atom is -0.467 e. The molecule has 3 aromatic heterocycles. The number of carbonyl (C=O) groups excluding carboxylic acids is 1. The number of hydrogen-bond acceptors (Lipinski definition) is 7. The molecule has 0 spiro atoms. The second kappa shape index (κ2) is 10.5. The largest absolute Gasteiger partial charge is 0.467 e. The molecular weight excluding hydrogens is 482 g/mol. The van der Waals surface area contributed by atoms with Crippen molar-refractivity contribution in [3.05, 3.63) is 96.1 Å². The van der Waals surface area contributed by atoms with Crippen molar-refractivity contribution < 1.29 is 26.8 Å². The number of ether oxygens (including phenoxy) is 1. The maximum absolute atomic E-state index is 13.4. The SMILES string of the molecule is O=C(c1ccco1)N(Cc1ccco1)Cc1cnc(S(=O)(=O)Cc2ccccc2)n1C[C@H]1CCCO1. The van der Waals surface area contributed by atoms with Gasteiger partial charge >= 0.3 is 0 Å². The van der Waals surface area contributed by atoms with E-state index in [0.717, 1.165) is 12.8 Å². The van der Waals surface area contributed by atoms with Crippen LogP contribution in [-0.2, 0) is 40.0 Å². The van der Waals surface area contributed by atoms with E-state index in [1.807, 2.05) is 18.2 Å². The second-order valence-corrected chi connectivity index (χ2v) is 10.6. The summed E-state index contributed by atoms with van der Waals surface area (Å²) < 4.78 is 45.2. The van der Waals surface area contributed by atoms with Crippen LogP contribution in [0.2, 0.25) is 0 Å². The fourth-order valence-corrected chi connectivity index (χ4v) is 5.85. The molecule has 0 saturated carbocycles. The summed E-state index contributed by atoms with van der Waals surface area (Å²) in [5.41, 5.74) is 1.27. The van der Waals surface area contributed by atoms with Gasteiger partial charge in [-0.15, -0.1) is 0 Å². The fraction of sp³-hybridized carbons (Fsp3) is 0.308. The Hall–Kier alpha value is -3.63. The molecule has 10 heteroatoms. The highest BCUT2D eigenvalue weighted by Crippen LogP contribution is 2.24. The number of aromatic nitrogens is 2. The lowest BCUT2D eigenvalue weighted by atomic mass is 10.2. The number of rotatable bonds is 10. The summed E-state index contributed by atoms with van der Waals surface area (Å²) in [5.74, 6) is 0.271. The molecule has 5 rings (SSSR count). The van der Waals surface area contributed by atoms with Gasteiger partial charge in [0.15, 0.2) is 5.76 Å². The van der Waals surface area contributed by atoms with Gasteiger partial charge in [0.05, 0.1) is 55.9 Å². The van der Waals surface area contributed by atoms with Gasteiger partial charge in [-0.1, -0.05) is 30.3 Å². The molecule has 188 valence electrons. The summed E-state index contributed by atoms with van der Waals surface area (Å²) in [5, 5.41) is -0.0275. The van der Waals surface area contributed by atoms with Crippen LogP contribution < -0.4 is 0 Å². The van der Waals surface area contributed by atoms with Crippen molar-refractivity contribution in [1.82, 2.24) is 14.5 Å². The third kappa shape index (κ3) is 5.44. The first-order valence-electron chi connectivity index (χ1n) is 11.8. The van der Waals surface area contributed by atoms with Gasteiger partial charge in [0.2, 0.25) is 15.0 Å². The first-order valence-corrected chi connectivity index (χ1v) is 13.4. The van der Waals surface area contributed by atoms with Crippen molar-refractivity contribution in [2.24, 2.45) is 0 Å². The van der Waals surface area contributed by atoms with Gasteiger partial charge in [-0.05, 0) is 42.7 Å². The molecule has 4 aromatic rings. The van der Waals surface area contributed by atoms with Crippen LogP contribution in [0.15, 0.2) is 87.3 Å². The number of nitrogens with zero attached hydrogens (tertiary/aromatic N) is 3. The van der Waals surface area contributed by atoms with Gasteiger partial charge in [-0.3, -0.25) is 4.79 Å². The smallest absolute Gasteiger partial charge is 0.290 e. The van der Waals surface area contributed by atoms with Gasteiger partial charge in [-0.25, -0.2) is 13.4 Å². The highest BCUT2D eigenvalue weighted by atomic mass is 32.2. The van der Waals surface area contributed by atoms with Crippen LogP contribution in [0.1, 0.15) is 40.4 Å². The molecular formula is C26H27N3O6S. The summed E-state index contributed by atoms with van der Waals surface area (Å²) in [6.45, 7) is 1.27. The van der Waals surface area contributed by atoms with Crippen molar-refractivity contribution >= 4 is 15.7 Å². The van der Waals surface area contributed by atoms with E-state index in [1.165, 1.54) is 12.5 Å². The lowest BCUT2D eigenvalue weighted by Gasteiger charge is -2.23. The van der Waals surface area contributed by atoms with E-state index in [-0.39, 0.29) is 41.8 Å². The number of furan rings is 2. The van der Waals surface area contributed by atoms with E-state index in [9.17, 15) is 13.2 Å². The van der Waals surface area contributed by atoms with Crippen LogP contribution in [0, 0.1) is 0 Å². The Kier molecular flexibility index (Phi) is 7.06. The van der Waals surface area contributed by atoms with Crippen LogP contribution in [0.5, 0.6) is 0 Å². The van der Waals surface area contributed by atoms with Gasteiger partial charge in [0.25, 0.3) is 5.91 Å². The Morgan fingerprint density at radius 1 is 1.03 bits per heavy atom. The minimum atomic E-state index is -3.76. The zero-order valence-corrected chi connectivity index (χ0v) is 20.5. The van der Waals surface area contributed by atoms with Crippen molar-refractivity contribution in [3.63, 3.8) is 0 Å². The summed E-state index contributed by atoms with van der Waals surface area (Å²) in [4.78, 5) is 19.1. The summed E-state index contributed by atoms with van der Waals surface area (Å²) in [6, 6.07) is 15.8. The Morgan fingerprint density at radius 3 is 2.53 bits per heavy atom. The molecule has 0 radical (unpaired) electrons. The Labute approximate surface area is 209 Å². The zero-order chi connectivity index (χ0) is 25.0. The van der Waals surface area contributed by atoms with Crippen molar-refractivity contribution in [1.29, 1.82) is 0 Å². The molecule has 4 heterocycles. The maximum Gasteiger partial charge on any atom is 0.290 e. The molecule has 1 fully saturated rings. The predicted octanol–water partition coefficient (Wildman–Crippen LogP) is 4.06. The topological polar surface area (TPSA) is 108 Å². The number of benzene rings is 1. The highest BCUT2D eigenvalue weighted by Gasteiger charge is 2.29. The monoisotopic (exact) mass is 509 g/mol. The minimum absolute atomic E-state index is 0.0275. The lowest BCUT2D eigenvalue weighted by molar-refractivity contribution is 0.0674. The number of carbonyl (C=O) groups is 1. The molecule has 0 unspecified atom stereocenters. The van der Waals surface area contributed by atoms with Crippen LogP contribution >= 0.6 is 0 Å². The van der Waals surface area contributed by atoms with Gasteiger partial charge in [-0.2, -0.15) is 0 Å². The van der Waals surface area contributed by atoms with Crippen molar-refractivity contribution in [2.75, 3.05) is 6.61 Å². The van der Waals surface area contributed by atoms with E-state index in [4.69, 9.17) is 13.6 Å². The molecule has 0 N–H and O–H groups in total. The van der Waals surface area contributed by atoms with E-state index in [0.29, 0.717) is 30.2 Å². The highest BCUT2D eigenvalue weighted by molar-refractivity contribution is 7.90. The van der Waals surface area contributed by atoms with E-state index < -0.39 is 9.84 Å². The molecule has 1 aliphatic rings. The first kappa shape index (κ1) is 24.1. The van der Waals surface area contributed by atoms with E-state index in [2.05, 4.69) is 4.98 Å². The average Bonchev–Trinajstić information content (AvgIpc) is 3.68. The standard InChI is InChI=1S/C26H27N3O6S/c30-25(24-11-6-14-35-24)28(17-22-9-4-12-33-22)16-21-15-27-26(29(21)18-23-10-5-13-34-23)36(31,32)19-20-7-2-1-3-8-20/h1-4,6-9,11-12,14-15,23H,5,10,13,16-19H2/t23-/m1/s1. The summed E-state index contributed by atoms with van der Waals surface area (Å²) >= 11 is 0. The molecule has 1 saturated heterocycles. The Bertz CT molecular complexity index is 1370. The van der Waals surface area contributed by atoms with Crippen LogP contribution in [0.25, 0.3) is 0 Å². The third-order valence-electron chi connectivity index (χ3n) is 6.09. The third-order valence-corrected chi connectivity index (χ3v) is 7.68. The predicted molar refractivity (Wildman–Crippen MR) is 130 cm³/mol. The molecule has 1 amide bonds. The number of imidazole rings is 1. The molecule has 0 aliphatic carbocycles. The normalized spacial score (nSPS) is 15.8. The Balaban J connectivity index is 1.48. The number of sulfone groups is 1. The molecule has 1 atom stereocenters. The van der Waals surface area contributed by atoms with Crippen molar-refractivity contribution in [2.45, 2.75) is 49.5 Å². The maximum atomic E-state index is 13.4. The number of amides is 1. The molecule has 36 heavy (non-hydrogen) atoms. The van der Waals surface area contributed by atoms with Gasteiger partial charge < -0.3 is 23.0 Å². The number of hydrogen-bond donors (Lipinski definition) is 0. The first-order chi connectivity index (χ1) is 17.5. The van der Waals surface area contributed by atoms with Crippen molar-refractivity contribution in [3.8, 4) is 0 Å². The second-order valence-electron chi connectivity index (χ2n) is 8.74. The van der Waals surface area contributed by atoms with E-state index >= 15 is 0 Å². The molecule has 9 nitrogen and oxygen atoms in total. The van der Waals surface area contributed by atoms with E-state index in [1.54, 1.807) is 52.1 Å². The fourth-order valence-electron chi connectivity index (χ4n) is 4.35. The lowest BCUT2D eigenvalue weighted by Crippen LogP contribution is -2.31. The molecule has 0 bridgehead atoms. The van der Waals surface area contributed by atoms with Crippen LogP contribution in [0.3, 0.4) is 0 Å². The van der Waals surface area contributed by atoms with Gasteiger partial charge in [0, 0.05) is 6.61 Å². The zero-order valence-electron chi connectivity index (χ0n) is 19.7.